The van der Waals surface area contributed by atoms with Crippen LogP contribution in [0.1, 0.15) is 23.1 Å². The molecule has 6 rings (SSSR count). The topological polar surface area (TPSA) is 0 Å². The Kier molecular flexibility index (Phi) is 6.02. The molecule has 2 unspecified atom stereocenters. The molecule has 0 nitrogen and oxygen atoms in total. The zero-order valence-corrected chi connectivity index (χ0v) is 22.5. The fourth-order valence-electron chi connectivity index (χ4n) is 6.53. The summed E-state index contributed by atoms with van der Waals surface area (Å²) < 4.78 is 0. The number of rotatable bonds is 5. The molecule has 0 saturated carbocycles. The summed E-state index contributed by atoms with van der Waals surface area (Å²) in [5, 5.41) is 4.64. The van der Waals surface area contributed by atoms with Gasteiger partial charge in [0.15, 0.2) is 0 Å². The Hall–Kier alpha value is -2.28. The number of hydrogen-bond acceptors (Lipinski definition) is 0. The van der Waals surface area contributed by atoms with Gasteiger partial charge in [-0.3, -0.25) is 0 Å². The molecule has 3 aromatic carbocycles. The second kappa shape index (κ2) is 8.82. The first kappa shape index (κ1) is 22.5. The van der Waals surface area contributed by atoms with Crippen molar-refractivity contribution in [1.82, 2.24) is 0 Å². The zero-order chi connectivity index (χ0) is 21.7. The van der Waals surface area contributed by atoms with Crippen LogP contribution in [0.5, 0.6) is 0 Å². The van der Waals surface area contributed by atoms with Crippen molar-refractivity contribution < 1.29 is 26.2 Å². The van der Waals surface area contributed by atoms with Crippen LogP contribution in [0.4, 0.5) is 0 Å². The van der Waals surface area contributed by atoms with Crippen LogP contribution < -0.4 is 10.4 Å². The monoisotopic (exact) mass is 518 g/mol. The third-order valence-electron chi connectivity index (χ3n) is 7.82. The van der Waals surface area contributed by atoms with Crippen LogP contribution in [0.15, 0.2) is 110 Å². The first-order valence-corrected chi connectivity index (χ1v) is 14.5. The van der Waals surface area contributed by atoms with Gasteiger partial charge in [0.25, 0.3) is 0 Å². The normalized spacial score (nSPS) is 19.2. The molecule has 0 aromatic heterocycles. The minimum absolute atomic E-state index is 0. The maximum atomic E-state index is 4.11. The van der Waals surface area contributed by atoms with Crippen molar-refractivity contribution in [2.24, 2.45) is 5.92 Å². The SMILES string of the molecule is C=CCC[Si](C)(C1=c2ccccc2=C2C=CC=CC21)C1c2ccccc2-c2ccccc21.[Zr]. The molecule has 0 N–H and O–H groups in total. The van der Waals surface area contributed by atoms with Gasteiger partial charge in [-0.1, -0.05) is 115 Å². The third-order valence-corrected chi connectivity index (χ3v) is 12.9. The van der Waals surface area contributed by atoms with Crippen LogP contribution in [0, 0.1) is 5.92 Å². The van der Waals surface area contributed by atoms with E-state index in [1.165, 1.54) is 44.3 Å². The van der Waals surface area contributed by atoms with Gasteiger partial charge in [0, 0.05) is 37.7 Å². The van der Waals surface area contributed by atoms with E-state index in [4.69, 9.17) is 0 Å². The van der Waals surface area contributed by atoms with Crippen molar-refractivity contribution >= 4 is 18.8 Å². The summed E-state index contributed by atoms with van der Waals surface area (Å²) in [6, 6.07) is 28.6. The van der Waals surface area contributed by atoms with Gasteiger partial charge in [-0.2, -0.15) is 0 Å². The minimum atomic E-state index is -2.03. The third kappa shape index (κ3) is 3.34. The number of benzene rings is 3. The summed E-state index contributed by atoms with van der Waals surface area (Å²) >= 11 is 0. The summed E-state index contributed by atoms with van der Waals surface area (Å²) in [4.78, 5) is 0. The minimum Gasteiger partial charge on any atom is -0.103 e. The van der Waals surface area contributed by atoms with E-state index < -0.39 is 8.07 Å². The molecular weight excluding hydrogens is 492 g/mol. The van der Waals surface area contributed by atoms with Crippen LogP contribution in [-0.2, 0) is 26.2 Å². The van der Waals surface area contributed by atoms with E-state index >= 15 is 0 Å². The Morgan fingerprint density at radius 2 is 1.42 bits per heavy atom. The second-order valence-electron chi connectivity index (χ2n) is 9.49. The van der Waals surface area contributed by atoms with E-state index in [-0.39, 0.29) is 26.2 Å². The molecule has 0 aliphatic heterocycles. The van der Waals surface area contributed by atoms with Crippen LogP contribution >= 0.6 is 0 Å². The molecule has 33 heavy (non-hydrogen) atoms. The predicted octanol–water partition coefficient (Wildman–Crippen LogP) is 6.29. The zero-order valence-electron chi connectivity index (χ0n) is 19.1. The van der Waals surface area contributed by atoms with Crippen molar-refractivity contribution in [3.8, 4) is 11.1 Å². The fraction of sp³-hybridized carbons (Fsp3) is 0.161. The Bertz CT molecular complexity index is 1380. The van der Waals surface area contributed by atoms with Gasteiger partial charge in [-0.15, -0.1) is 6.58 Å². The Labute approximate surface area is 216 Å². The first-order chi connectivity index (χ1) is 15.7. The summed E-state index contributed by atoms with van der Waals surface area (Å²) in [6.45, 7) is 6.77. The molecule has 2 atom stereocenters. The molecule has 160 valence electrons. The molecule has 3 aliphatic carbocycles. The molecule has 3 aromatic rings. The van der Waals surface area contributed by atoms with Gasteiger partial charge in [-0.05, 0) is 50.7 Å². The maximum absolute atomic E-state index is 4.11. The van der Waals surface area contributed by atoms with Crippen molar-refractivity contribution in [2.45, 2.75) is 24.6 Å². The van der Waals surface area contributed by atoms with Gasteiger partial charge >= 0.3 is 0 Å². The van der Waals surface area contributed by atoms with Gasteiger partial charge in [0.2, 0.25) is 0 Å². The second-order valence-corrected chi connectivity index (χ2v) is 13.9. The number of allylic oxidation sites excluding steroid dienone is 5. The molecule has 0 amide bonds. The summed E-state index contributed by atoms with van der Waals surface area (Å²) in [5.41, 5.74) is 7.87. The average Bonchev–Trinajstić information content (AvgIpc) is 3.37. The molecular formula is C31H28SiZr. The maximum Gasteiger partial charge on any atom is 0.0930 e. The Morgan fingerprint density at radius 1 is 0.818 bits per heavy atom. The predicted molar refractivity (Wildman–Crippen MR) is 139 cm³/mol. The van der Waals surface area contributed by atoms with Gasteiger partial charge in [-0.25, -0.2) is 0 Å². The van der Waals surface area contributed by atoms with Crippen molar-refractivity contribution in [3.05, 3.63) is 131 Å². The molecule has 0 radical (unpaired) electrons. The smallest absolute Gasteiger partial charge is 0.0930 e. The molecule has 0 fully saturated rings. The van der Waals surface area contributed by atoms with E-state index in [2.05, 4.69) is 116 Å². The largest absolute Gasteiger partial charge is 0.103 e. The van der Waals surface area contributed by atoms with E-state index in [0.717, 1.165) is 6.42 Å². The van der Waals surface area contributed by atoms with E-state index in [9.17, 15) is 0 Å². The van der Waals surface area contributed by atoms with Gasteiger partial charge < -0.3 is 0 Å². The van der Waals surface area contributed by atoms with Crippen molar-refractivity contribution in [3.63, 3.8) is 0 Å². The summed E-state index contributed by atoms with van der Waals surface area (Å²) in [7, 11) is -2.03. The number of hydrogen-bond donors (Lipinski definition) is 0. The van der Waals surface area contributed by atoms with Crippen molar-refractivity contribution in [1.29, 1.82) is 0 Å². The van der Waals surface area contributed by atoms with Crippen LogP contribution in [0.25, 0.3) is 21.9 Å². The Balaban J connectivity index is 0.00000228. The van der Waals surface area contributed by atoms with E-state index in [1.807, 2.05) is 0 Å². The van der Waals surface area contributed by atoms with E-state index in [0.29, 0.717) is 11.5 Å². The molecule has 0 saturated heterocycles. The molecule has 0 spiro atoms. The molecule has 2 heteroatoms. The summed E-state index contributed by atoms with van der Waals surface area (Å²) in [5.74, 6) is 0.402. The first-order valence-electron chi connectivity index (χ1n) is 11.7. The Morgan fingerprint density at radius 3 is 2.09 bits per heavy atom. The number of fused-ring (bicyclic) bond motifs is 5. The molecule has 0 bridgehead atoms. The van der Waals surface area contributed by atoms with Gasteiger partial charge in [0.05, 0.1) is 8.07 Å². The average molecular weight is 520 g/mol. The standard InChI is InChI=1S/C31H28Si.Zr/c1-3-4-21-32(2,30-26-17-9-5-13-22(26)23-14-6-10-18-27(23)30)31-28-19-11-7-15-24(28)25-16-8-12-20-29(25)31;/h3,5-20,26,31H,1,4,21H2,2H3;. The van der Waals surface area contributed by atoms with Crippen LogP contribution in [0.2, 0.25) is 12.6 Å². The summed E-state index contributed by atoms with van der Waals surface area (Å²) in [6.07, 6.45) is 12.4. The van der Waals surface area contributed by atoms with E-state index in [1.54, 1.807) is 5.20 Å². The van der Waals surface area contributed by atoms with Crippen LogP contribution in [0.3, 0.4) is 0 Å². The van der Waals surface area contributed by atoms with Crippen molar-refractivity contribution in [2.75, 3.05) is 0 Å². The van der Waals surface area contributed by atoms with Gasteiger partial charge in [0.1, 0.15) is 0 Å². The fourth-order valence-corrected chi connectivity index (χ4v) is 11.9. The van der Waals surface area contributed by atoms with Crippen LogP contribution in [-0.4, -0.2) is 8.07 Å². The quantitative estimate of drug-likeness (QED) is 0.275. The molecule has 0 heterocycles. The molecule has 3 aliphatic rings.